The van der Waals surface area contributed by atoms with Crippen molar-refractivity contribution in [3.05, 3.63) is 12.4 Å². The van der Waals surface area contributed by atoms with Crippen LogP contribution in [0.2, 0.25) is 0 Å². The monoisotopic (exact) mass is 293 g/mol. The number of rotatable bonds is 5. The summed E-state index contributed by atoms with van der Waals surface area (Å²) in [5, 5.41) is 9.40. The molecule has 0 amide bonds. The smallest absolute Gasteiger partial charge is 0.309 e. The van der Waals surface area contributed by atoms with Crippen LogP contribution in [0.1, 0.15) is 33.6 Å². The molecule has 21 heavy (non-hydrogen) atoms. The van der Waals surface area contributed by atoms with Gasteiger partial charge in [0.1, 0.15) is 0 Å². The molecule has 1 aliphatic heterocycles. The zero-order chi connectivity index (χ0) is 15.5. The van der Waals surface area contributed by atoms with Crippen molar-refractivity contribution in [2.24, 2.45) is 11.3 Å². The second kappa shape index (κ2) is 6.28. The van der Waals surface area contributed by atoms with E-state index in [2.05, 4.69) is 14.9 Å². The van der Waals surface area contributed by atoms with Crippen LogP contribution in [0.4, 0.5) is 5.82 Å². The third-order valence-corrected chi connectivity index (χ3v) is 4.21. The molecule has 1 aliphatic rings. The molecule has 2 heterocycles. The normalized spacial score (nSPS) is 19.4. The predicted octanol–water partition coefficient (Wildman–Crippen LogP) is 2.20. The highest BCUT2D eigenvalue weighted by molar-refractivity contribution is 5.74. The maximum absolute atomic E-state index is 11.4. The number of anilines is 1. The Morgan fingerprint density at radius 1 is 1.52 bits per heavy atom. The Bertz CT molecular complexity index is 505. The van der Waals surface area contributed by atoms with Crippen LogP contribution in [-0.2, 0) is 4.79 Å². The first kappa shape index (κ1) is 15.5. The Labute approximate surface area is 125 Å². The molecule has 1 unspecified atom stereocenters. The first-order chi connectivity index (χ1) is 9.95. The van der Waals surface area contributed by atoms with Crippen LogP contribution in [0.5, 0.6) is 5.88 Å². The van der Waals surface area contributed by atoms with Gasteiger partial charge in [-0.1, -0.05) is 0 Å². The van der Waals surface area contributed by atoms with Crippen molar-refractivity contribution in [2.75, 3.05) is 24.6 Å². The lowest BCUT2D eigenvalue weighted by Crippen LogP contribution is -2.45. The number of aromatic nitrogens is 2. The zero-order valence-corrected chi connectivity index (χ0v) is 12.9. The van der Waals surface area contributed by atoms with Gasteiger partial charge in [-0.3, -0.25) is 9.78 Å². The number of carboxylic acid groups (broad SMARTS) is 1. The van der Waals surface area contributed by atoms with Crippen LogP contribution in [0, 0.1) is 11.3 Å². The Balaban J connectivity index is 2.14. The maximum atomic E-state index is 11.4. The molecule has 2 rings (SSSR count). The van der Waals surface area contributed by atoms with Gasteiger partial charge in [-0.05, 0) is 39.5 Å². The largest absolute Gasteiger partial charge is 0.481 e. The third kappa shape index (κ3) is 3.43. The van der Waals surface area contributed by atoms with Crippen molar-refractivity contribution in [3.8, 4) is 5.88 Å². The van der Waals surface area contributed by atoms with E-state index in [1.807, 2.05) is 6.92 Å². The number of nitrogens with zero attached hydrogens (tertiary/aromatic N) is 3. The van der Waals surface area contributed by atoms with Gasteiger partial charge >= 0.3 is 5.97 Å². The maximum Gasteiger partial charge on any atom is 0.309 e. The van der Waals surface area contributed by atoms with E-state index in [4.69, 9.17) is 4.74 Å². The van der Waals surface area contributed by atoms with Crippen LogP contribution in [0.3, 0.4) is 0 Å². The fourth-order valence-electron chi connectivity index (χ4n) is 2.66. The number of aliphatic carboxylic acids is 1. The molecule has 1 aromatic heterocycles. The van der Waals surface area contributed by atoms with Gasteiger partial charge in [0.15, 0.2) is 5.82 Å². The van der Waals surface area contributed by atoms with Gasteiger partial charge < -0.3 is 14.7 Å². The number of carboxylic acids is 1. The lowest BCUT2D eigenvalue weighted by Gasteiger charge is -2.39. The van der Waals surface area contributed by atoms with E-state index < -0.39 is 11.4 Å². The molecule has 1 atom stereocenters. The van der Waals surface area contributed by atoms with Gasteiger partial charge in [-0.15, -0.1) is 0 Å². The molecule has 0 saturated carbocycles. The van der Waals surface area contributed by atoms with Gasteiger partial charge in [-0.25, -0.2) is 0 Å². The summed E-state index contributed by atoms with van der Waals surface area (Å²) in [5.74, 6) is 0.617. The summed E-state index contributed by atoms with van der Waals surface area (Å²) in [6.45, 7) is 7.60. The van der Waals surface area contributed by atoms with E-state index in [0.717, 1.165) is 25.2 Å². The highest BCUT2D eigenvalue weighted by Crippen LogP contribution is 2.35. The van der Waals surface area contributed by atoms with Gasteiger partial charge in [0.25, 0.3) is 0 Å². The summed E-state index contributed by atoms with van der Waals surface area (Å²) >= 11 is 0. The molecule has 0 aliphatic carbocycles. The Morgan fingerprint density at radius 2 is 2.29 bits per heavy atom. The average Bonchev–Trinajstić information content (AvgIpc) is 2.48. The van der Waals surface area contributed by atoms with Gasteiger partial charge in [-0.2, -0.15) is 4.98 Å². The second-order valence-corrected chi connectivity index (χ2v) is 5.96. The van der Waals surface area contributed by atoms with Crippen molar-refractivity contribution >= 4 is 11.8 Å². The van der Waals surface area contributed by atoms with Gasteiger partial charge in [0, 0.05) is 13.1 Å². The minimum atomic E-state index is -0.747. The van der Waals surface area contributed by atoms with E-state index in [1.165, 1.54) is 0 Å². The van der Waals surface area contributed by atoms with Crippen molar-refractivity contribution < 1.29 is 14.6 Å². The van der Waals surface area contributed by atoms with E-state index in [0.29, 0.717) is 19.0 Å². The first-order valence-electron chi connectivity index (χ1n) is 7.38. The Morgan fingerprint density at radius 3 is 2.95 bits per heavy atom. The van der Waals surface area contributed by atoms with Crippen molar-refractivity contribution in [3.63, 3.8) is 0 Å². The molecule has 1 N–H and O–H groups in total. The SMILES string of the molecule is CCOc1cncc(N2CCCC(C(C)(C)C(=O)O)C2)n1. The molecular formula is C15H23N3O3. The molecular weight excluding hydrogens is 270 g/mol. The standard InChI is InChI=1S/C15H23N3O3/c1-4-21-13-9-16-8-12(17-13)18-7-5-6-11(10-18)15(2,3)14(19)20/h8-9,11H,4-7,10H2,1-3H3,(H,19,20). The minimum Gasteiger partial charge on any atom is -0.481 e. The van der Waals surface area contributed by atoms with Crippen LogP contribution in [0.25, 0.3) is 0 Å². The molecule has 0 aromatic carbocycles. The summed E-state index contributed by atoms with van der Waals surface area (Å²) in [6.07, 6.45) is 5.19. The Kier molecular flexibility index (Phi) is 4.65. The summed E-state index contributed by atoms with van der Waals surface area (Å²) in [4.78, 5) is 22.1. The van der Waals surface area contributed by atoms with E-state index in [-0.39, 0.29) is 5.92 Å². The van der Waals surface area contributed by atoms with E-state index in [1.54, 1.807) is 26.2 Å². The number of hydrogen-bond acceptors (Lipinski definition) is 5. The molecule has 1 fully saturated rings. The predicted molar refractivity (Wildman–Crippen MR) is 79.6 cm³/mol. The summed E-state index contributed by atoms with van der Waals surface area (Å²) in [6, 6.07) is 0. The van der Waals surface area contributed by atoms with Crippen LogP contribution in [0.15, 0.2) is 12.4 Å². The zero-order valence-electron chi connectivity index (χ0n) is 12.9. The van der Waals surface area contributed by atoms with E-state index >= 15 is 0 Å². The fraction of sp³-hybridized carbons (Fsp3) is 0.667. The quantitative estimate of drug-likeness (QED) is 0.897. The van der Waals surface area contributed by atoms with Gasteiger partial charge in [0.05, 0.1) is 24.4 Å². The van der Waals surface area contributed by atoms with Crippen LogP contribution in [-0.4, -0.2) is 40.7 Å². The number of hydrogen-bond donors (Lipinski definition) is 1. The van der Waals surface area contributed by atoms with Crippen molar-refractivity contribution in [1.29, 1.82) is 0 Å². The molecule has 1 saturated heterocycles. The van der Waals surface area contributed by atoms with Crippen molar-refractivity contribution in [1.82, 2.24) is 9.97 Å². The third-order valence-electron chi connectivity index (χ3n) is 4.21. The molecule has 6 nitrogen and oxygen atoms in total. The summed E-state index contributed by atoms with van der Waals surface area (Å²) in [5.41, 5.74) is -0.733. The van der Waals surface area contributed by atoms with Crippen LogP contribution >= 0.6 is 0 Å². The second-order valence-electron chi connectivity index (χ2n) is 5.96. The van der Waals surface area contributed by atoms with Gasteiger partial charge in [0.2, 0.25) is 5.88 Å². The lowest BCUT2D eigenvalue weighted by atomic mass is 9.74. The van der Waals surface area contributed by atoms with Crippen LogP contribution < -0.4 is 9.64 Å². The molecule has 0 bridgehead atoms. The Hall–Kier alpha value is -1.85. The number of piperidine rings is 1. The first-order valence-corrected chi connectivity index (χ1v) is 7.38. The molecule has 0 radical (unpaired) electrons. The fourth-order valence-corrected chi connectivity index (χ4v) is 2.66. The molecule has 1 aromatic rings. The number of carbonyl (C=O) groups is 1. The average molecular weight is 293 g/mol. The molecule has 116 valence electrons. The van der Waals surface area contributed by atoms with E-state index in [9.17, 15) is 9.90 Å². The summed E-state index contributed by atoms with van der Waals surface area (Å²) in [7, 11) is 0. The topological polar surface area (TPSA) is 75.5 Å². The lowest BCUT2D eigenvalue weighted by molar-refractivity contribution is -0.150. The minimum absolute atomic E-state index is 0.0984. The highest BCUT2D eigenvalue weighted by Gasteiger charge is 2.39. The highest BCUT2D eigenvalue weighted by atomic mass is 16.5. The number of ether oxygens (including phenoxy) is 1. The molecule has 6 heteroatoms. The summed E-state index contributed by atoms with van der Waals surface area (Å²) < 4.78 is 5.38. The van der Waals surface area contributed by atoms with Crippen molar-refractivity contribution in [2.45, 2.75) is 33.6 Å². The molecule has 0 spiro atoms.